The average Bonchev–Trinajstić information content (AvgIpc) is 3.34. The van der Waals surface area contributed by atoms with Crippen LogP contribution in [0.4, 0.5) is 11.6 Å². The van der Waals surface area contributed by atoms with Crippen LogP contribution in [0.2, 0.25) is 0 Å². The maximum Gasteiger partial charge on any atom is 0.253 e. The quantitative estimate of drug-likeness (QED) is 0.459. The molecule has 0 saturated carbocycles. The predicted molar refractivity (Wildman–Crippen MR) is 131 cm³/mol. The number of carbonyl (C=O) groups is 1. The van der Waals surface area contributed by atoms with Crippen molar-refractivity contribution in [2.75, 3.05) is 10.3 Å². The van der Waals surface area contributed by atoms with Crippen LogP contribution in [0.1, 0.15) is 39.9 Å². The van der Waals surface area contributed by atoms with Gasteiger partial charge >= 0.3 is 0 Å². The first-order chi connectivity index (χ1) is 16.5. The lowest BCUT2D eigenvalue weighted by Crippen LogP contribution is -2.21. The van der Waals surface area contributed by atoms with Crippen molar-refractivity contribution in [3.05, 3.63) is 81.7 Å². The molecule has 0 unspecified atom stereocenters. The summed E-state index contributed by atoms with van der Waals surface area (Å²) in [6.45, 7) is 5.81. The van der Waals surface area contributed by atoms with Crippen molar-refractivity contribution in [3.63, 3.8) is 0 Å². The number of carbonyl (C=O) groups excluding carboxylic acids is 1. The van der Waals surface area contributed by atoms with Gasteiger partial charge in [0, 0.05) is 41.0 Å². The Labute approximate surface area is 200 Å². The van der Waals surface area contributed by atoms with Gasteiger partial charge in [-0.2, -0.15) is 5.10 Å². The smallest absolute Gasteiger partial charge is 0.253 e. The number of aryl methyl sites for hydroxylation is 1. The summed E-state index contributed by atoms with van der Waals surface area (Å²) in [5.74, 6) is 0.856. The third-order valence-electron chi connectivity index (χ3n) is 5.65. The van der Waals surface area contributed by atoms with E-state index in [1.165, 1.54) is 6.92 Å². The minimum absolute atomic E-state index is 0.122. The Kier molecular flexibility index (Phi) is 5.68. The number of nitrogens with zero attached hydrogens (tertiary/aromatic N) is 6. The Morgan fingerprint density at radius 1 is 1.15 bits per heavy atom. The first-order valence-electron chi connectivity index (χ1n) is 10.7. The maximum absolute atomic E-state index is 11.4. The van der Waals surface area contributed by atoms with Gasteiger partial charge in [0.25, 0.3) is 5.95 Å². The highest BCUT2D eigenvalue weighted by Crippen LogP contribution is 2.38. The highest BCUT2D eigenvalue weighted by Gasteiger charge is 2.31. The Balaban J connectivity index is 1.71. The fourth-order valence-corrected chi connectivity index (χ4v) is 5.11. The zero-order valence-electron chi connectivity index (χ0n) is 19.0. The lowest BCUT2D eigenvalue weighted by Gasteiger charge is -2.18. The first kappa shape index (κ1) is 21.9. The number of pyridine rings is 1. The average molecular weight is 474 g/mol. The Bertz CT molecular complexity index is 1390. The molecule has 1 aliphatic heterocycles. The molecule has 1 aromatic carbocycles. The van der Waals surface area contributed by atoms with E-state index in [1.54, 1.807) is 28.7 Å². The molecule has 34 heavy (non-hydrogen) atoms. The van der Waals surface area contributed by atoms with E-state index in [0.717, 1.165) is 43.5 Å². The van der Waals surface area contributed by atoms with Gasteiger partial charge in [-0.1, -0.05) is 18.2 Å². The zero-order valence-corrected chi connectivity index (χ0v) is 19.8. The van der Waals surface area contributed by atoms with Crippen molar-refractivity contribution < 1.29 is 9.90 Å². The third kappa shape index (κ3) is 3.87. The van der Waals surface area contributed by atoms with Gasteiger partial charge in [0.05, 0.1) is 6.54 Å². The fraction of sp³-hybridized carbons (Fsp3) is 0.208. The Morgan fingerprint density at radius 2 is 1.94 bits per heavy atom. The second kappa shape index (κ2) is 8.81. The summed E-state index contributed by atoms with van der Waals surface area (Å²) in [5.41, 5.74) is 5.44. The van der Waals surface area contributed by atoms with E-state index in [0.29, 0.717) is 18.3 Å². The molecule has 10 heteroatoms. The van der Waals surface area contributed by atoms with Gasteiger partial charge in [-0.25, -0.2) is 5.01 Å². The van der Waals surface area contributed by atoms with Crippen LogP contribution in [0, 0.1) is 13.8 Å². The summed E-state index contributed by atoms with van der Waals surface area (Å²) in [6, 6.07) is 11.5. The van der Waals surface area contributed by atoms with Crippen molar-refractivity contribution in [1.82, 2.24) is 19.7 Å². The van der Waals surface area contributed by atoms with Crippen molar-refractivity contribution in [2.24, 2.45) is 5.10 Å². The molecular formula is C24H23N7O2S. The molecule has 9 nitrogen and oxygen atoms in total. The standard InChI is InChI=1S/C24H23N7O2S/c1-14-15(2)34-23-21(14)22(18-6-8-19(9-7-18)26-16(3)33)29-30(12-17-5-4-10-25-11-17)24-28-27-20(13-32)31(23)24/h4-11,32H,12-13H2,1-3H3,(H,26,33). The van der Waals surface area contributed by atoms with Crippen LogP contribution in [-0.2, 0) is 17.9 Å². The molecular weight excluding hydrogens is 450 g/mol. The number of hydrogen-bond acceptors (Lipinski definition) is 8. The number of aromatic nitrogens is 4. The lowest BCUT2D eigenvalue weighted by atomic mass is 10.00. The number of rotatable bonds is 5. The molecule has 0 bridgehead atoms. The maximum atomic E-state index is 11.4. The van der Waals surface area contributed by atoms with Gasteiger partial charge in [-0.05, 0) is 43.2 Å². The fourth-order valence-electron chi connectivity index (χ4n) is 3.93. The third-order valence-corrected chi connectivity index (χ3v) is 6.84. The topological polar surface area (TPSA) is 109 Å². The predicted octanol–water partition coefficient (Wildman–Crippen LogP) is 3.56. The molecule has 1 amide bonds. The second-order valence-electron chi connectivity index (χ2n) is 8.00. The summed E-state index contributed by atoms with van der Waals surface area (Å²) < 4.78 is 1.89. The summed E-state index contributed by atoms with van der Waals surface area (Å²) in [5, 5.41) is 29.2. The van der Waals surface area contributed by atoms with Gasteiger partial charge < -0.3 is 10.4 Å². The second-order valence-corrected chi connectivity index (χ2v) is 9.20. The molecule has 0 spiro atoms. The van der Waals surface area contributed by atoms with Crippen LogP contribution < -0.4 is 10.3 Å². The Hall–Kier alpha value is -3.89. The number of amides is 1. The van der Waals surface area contributed by atoms with Crippen molar-refractivity contribution >= 4 is 34.6 Å². The minimum Gasteiger partial charge on any atom is -0.388 e. The molecule has 0 fully saturated rings. The van der Waals surface area contributed by atoms with E-state index in [9.17, 15) is 9.90 Å². The van der Waals surface area contributed by atoms with E-state index >= 15 is 0 Å². The summed E-state index contributed by atoms with van der Waals surface area (Å²) in [6.07, 6.45) is 3.52. The Morgan fingerprint density at radius 3 is 2.62 bits per heavy atom. The van der Waals surface area contributed by atoms with Crippen molar-refractivity contribution in [1.29, 1.82) is 0 Å². The number of anilines is 2. The highest BCUT2D eigenvalue weighted by atomic mass is 32.1. The van der Waals surface area contributed by atoms with Crippen LogP contribution in [0.5, 0.6) is 0 Å². The number of aliphatic hydroxyl groups is 1. The zero-order chi connectivity index (χ0) is 23.8. The van der Waals surface area contributed by atoms with Crippen LogP contribution in [0.3, 0.4) is 0 Å². The van der Waals surface area contributed by atoms with E-state index in [4.69, 9.17) is 5.10 Å². The summed E-state index contributed by atoms with van der Waals surface area (Å²) >= 11 is 1.62. The number of fused-ring (bicyclic) bond motifs is 3. The number of aliphatic hydroxyl groups excluding tert-OH is 1. The molecule has 0 saturated heterocycles. The number of hydrogen-bond donors (Lipinski definition) is 2. The van der Waals surface area contributed by atoms with Crippen molar-refractivity contribution in [2.45, 2.75) is 33.9 Å². The normalized spacial score (nSPS) is 12.6. The van der Waals surface area contributed by atoms with E-state index in [-0.39, 0.29) is 12.5 Å². The van der Waals surface area contributed by atoms with E-state index in [2.05, 4.69) is 34.3 Å². The van der Waals surface area contributed by atoms with Gasteiger partial charge in [0.1, 0.15) is 17.3 Å². The van der Waals surface area contributed by atoms with Crippen molar-refractivity contribution in [3.8, 4) is 5.00 Å². The monoisotopic (exact) mass is 473 g/mol. The van der Waals surface area contributed by atoms with Gasteiger partial charge in [0.2, 0.25) is 5.91 Å². The summed E-state index contributed by atoms with van der Waals surface area (Å²) in [4.78, 5) is 16.8. The van der Waals surface area contributed by atoms with Crippen LogP contribution in [-0.4, -0.2) is 36.5 Å². The van der Waals surface area contributed by atoms with Crippen LogP contribution in [0.25, 0.3) is 5.00 Å². The number of hydrazone groups is 1. The van der Waals surface area contributed by atoms with E-state index in [1.807, 2.05) is 41.0 Å². The molecule has 5 rings (SSSR count). The van der Waals surface area contributed by atoms with Gasteiger partial charge in [0.15, 0.2) is 5.82 Å². The van der Waals surface area contributed by atoms with Crippen LogP contribution in [0.15, 0.2) is 53.9 Å². The molecule has 1 aliphatic rings. The summed E-state index contributed by atoms with van der Waals surface area (Å²) in [7, 11) is 0. The number of thiophene rings is 1. The highest BCUT2D eigenvalue weighted by molar-refractivity contribution is 7.15. The lowest BCUT2D eigenvalue weighted by molar-refractivity contribution is -0.114. The van der Waals surface area contributed by atoms with E-state index < -0.39 is 0 Å². The largest absolute Gasteiger partial charge is 0.388 e. The number of nitrogens with one attached hydrogen (secondary N) is 1. The van der Waals surface area contributed by atoms with Gasteiger partial charge in [-0.3, -0.25) is 14.3 Å². The molecule has 2 N–H and O–H groups in total. The molecule has 0 atom stereocenters. The minimum atomic E-state index is -0.246. The molecule has 0 aliphatic carbocycles. The van der Waals surface area contributed by atoms with Gasteiger partial charge in [-0.15, -0.1) is 21.5 Å². The SMILES string of the molecule is CC(=O)Nc1ccc(C2=NN(Cc3cccnc3)c3nnc(CO)n3-c3sc(C)c(C)c32)cc1. The molecule has 4 heterocycles. The molecule has 0 radical (unpaired) electrons. The molecule has 4 aromatic rings. The molecule has 3 aromatic heterocycles. The molecule has 172 valence electrons. The van der Waals surface area contributed by atoms with Crippen LogP contribution >= 0.6 is 11.3 Å². The number of benzene rings is 1. The first-order valence-corrected chi connectivity index (χ1v) is 11.6.